The topological polar surface area (TPSA) is 68.7 Å². The summed E-state index contributed by atoms with van der Waals surface area (Å²) >= 11 is 0. The average molecular weight is 274 g/mol. The molecule has 1 aliphatic heterocycles. The summed E-state index contributed by atoms with van der Waals surface area (Å²) in [5.74, 6) is -0.0242. The second-order valence-corrected chi connectivity index (χ2v) is 5.17. The van der Waals surface area contributed by atoms with Crippen LogP contribution in [-0.2, 0) is 4.74 Å². The van der Waals surface area contributed by atoms with E-state index in [9.17, 15) is 4.79 Å². The van der Waals surface area contributed by atoms with Crippen molar-refractivity contribution in [2.24, 2.45) is 5.73 Å². The van der Waals surface area contributed by atoms with E-state index in [4.69, 9.17) is 14.9 Å². The Bertz CT molecular complexity index is 620. The Hall–Kier alpha value is -1.85. The third-order valence-electron chi connectivity index (χ3n) is 3.68. The number of hydrogen-bond acceptors (Lipinski definition) is 4. The Morgan fingerprint density at radius 1 is 1.45 bits per heavy atom. The van der Waals surface area contributed by atoms with Crippen molar-refractivity contribution in [1.82, 2.24) is 4.90 Å². The van der Waals surface area contributed by atoms with Gasteiger partial charge in [0.25, 0.3) is 5.91 Å². The molecule has 1 aliphatic rings. The lowest BCUT2D eigenvalue weighted by molar-refractivity contribution is -0.0299. The molecule has 1 aromatic heterocycles. The highest BCUT2D eigenvalue weighted by atomic mass is 16.5. The van der Waals surface area contributed by atoms with Crippen LogP contribution in [-0.4, -0.2) is 42.6 Å². The molecule has 0 radical (unpaired) electrons. The molecule has 1 amide bonds. The lowest BCUT2D eigenvalue weighted by atomic mass is 10.1. The standard InChI is InChI=1S/C15H18N2O3/c1-10(16)14-8-17(6-7-19-14)15(18)12-9-20-13-5-3-2-4-11(12)13/h2-5,9-10,14H,6-8,16H2,1H3/t10-,14+/m0/s1. The molecule has 2 atom stereocenters. The molecule has 0 aliphatic carbocycles. The van der Waals surface area contributed by atoms with Crippen LogP contribution in [0.15, 0.2) is 34.9 Å². The Labute approximate surface area is 117 Å². The van der Waals surface area contributed by atoms with E-state index in [1.165, 1.54) is 6.26 Å². The van der Waals surface area contributed by atoms with Crippen molar-refractivity contribution in [2.45, 2.75) is 19.1 Å². The number of nitrogens with two attached hydrogens (primary N) is 1. The first kappa shape index (κ1) is 13.1. The lowest BCUT2D eigenvalue weighted by Crippen LogP contribution is -2.51. The van der Waals surface area contributed by atoms with Crippen LogP contribution in [0.2, 0.25) is 0 Å². The van der Waals surface area contributed by atoms with Crippen LogP contribution in [0.5, 0.6) is 0 Å². The molecule has 1 fully saturated rings. The van der Waals surface area contributed by atoms with Gasteiger partial charge in [-0.25, -0.2) is 0 Å². The third-order valence-corrected chi connectivity index (χ3v) is 3.68. The zero-order valence-electron chi connectivity index (χ0n) is 11.4. The molecule has 0 bridgehead atoms. The van der Waals surface area contributed by atoms with Gasteiger partial charge in [-0.2, -0.15) is 0 Å². The number of carbonyl (C=O) groups is 1. The maximum Gasteiger partial charge on any atom is 0.257 e. The summed E-state index contributed by atoms with van der Waals surface area (Å²) in [4.78, 5) is 14.4. The van der Waals surface area contributed by atoms with E-state index in [0.29, 0.717) is 25.3 Å². The van der Waals surface area contributed by atoms with Gasteiger partial charge in [0, 0.05) is 24.5 Å². The number of amides is 1. The summed E-state index contributed by atoms with van der Waals surface area (Å²) in [6.45, 7) is 3.52. The van der Waals surface area contributed by atoms with Gasteiger partial charge in [-0.1, -0.05) is 18.2 Å². The molecular formula is C15H18N2O3. The molecule has 0 unspecified atom stereocenters. The number of furan rings is 1. The molecule has 1 aromatic carbocycles. The van der Waals surface area contributed by atoms with Crippen molar-refractivity contribution >= 4 is 16.9 Å². The number of para-hydroxylation sites is 1. The minimum atomic E-state index is -0.106. The summed E-state index contributed by atoms with van der Waals surface area (Å²) in [6, 6.07) is 7.46. The highest BCUT2D eigenvalue weighted by molar-refractivity contribution is 6.05. The molecule has 0 spiro atoms. The van der Waals surface area contributed by atoms with E-state index in [2.05, 4.69) is 0 Å². The van der Waals surface area contributed by atoms with Crippen molar-refractivity contribution in [3.63, 3.8) is 0 Å². The molecule has 5 nitrogen and oxygen atoms in total. The van der Waals surface area contributed by atoms with Crippen LogP contribution in [0.3, 0.4) is 0 Å². The fraction of sp³-hybridized carbons (Fsp3) is 0.400. The Morgan fingerprint density at radius 3 is 3.05 bits per heavy atom. The smallest absolute Gasteiger partial charge is 0.257 e. The molecule has 1 saturated heterocycles. The van der Waals surface area contributed by atoms with Crippen molar-refractivity contribution in [3.05, 3.63) is 36.1 Å². The zero-order valence-corrected chi connectivity index (χ0v) is 11.4. The van der Waals surface area contributed by atoms with Gasteiger partial charge in [0.1, 0.15) is 11.8 Å². The van der Waals surface area contributed by atoms with E-state index in [1.807, 2.05) is 31.2 Å². The number of ether oxygens (including phenoxy) is 1. The predicted octanol–water partition coefficient (Wildman–Crippen LogP) is 1.62. The minimum absolute atomic E-state index is 0.0242. The number of nitrogens with zero attached hydrogens (tertiary/aromatic N) is 1. The van der Waals surface area contributed by atoms with Gasteiger partial charge in [0.15, 0.2) is 0 Å². The SMILES string of the molecule is C[C@H](N)[C@H]1CN(C(=O)c2coc3ccccc23)CCO1. The van der Waals surface area contributed by atoms with Crippen LogP contribution in [0, 0.1) is 0 Å². The van der Waals surface area contributed by atoms with E-state index in [0.717, 1.165) is 11.0 Å². The predicted molar refractivity (Wildman–Crippen MR) is 75.5 cm³/mol. The van der Waals surface area contributed by atoms with Crippen LogP contribution in [0.25, 0.3) is 11.0 Å². The number of hydrogen-bond donors (Lipinski definition) is 1. The monoisotopic (exact) mass is 274 g/mol. The molecular weight excluding hydrogens is 256 g/mol. The number of fused-ring (bicyclic) bond motifs is 1. The highest BCUT2D eigenvalue weighted by Gasteiger charge is 2.28. The normalized spacial score (nSPS) is 21.1. The van der Waals surface area contributed by atoms with Crippen molar-refractivity contribution in [3.8, 4) is 0 Å². The first-order valence-corrected chi connectivity index (χ1v) is 6.79. The Kier molecular flexibility index (Phi) is 3.46. The largest absolute Gasteiger partial charge is 0.463 e. The molecule has 3 rings (SSSR count). The summed E-state index contributed by atoms with van der Waals surface area (Å²) in [5, 5.41) is 0.848. The first-order valence-electron chi connectivity index (χ1n) is 6.79. The Morgan fingerprint density at radius 2 is 2.25 bits per heavy atom. The average Bonchev–Trinajstić information content (AvgIpc) is 2.90. The van der Waals surface area contributed by atoms with Gasteiger partial charge in [0.2, 0.25) is 0 Å². The molecule has 5 heteroatoms. The number of morpholine rings is 1. The Balaban J connectivity index is 1.85. The van der Waals surface area contributed by atoms with Crippen LogP contribution in [0.1, 0.15) is 17.3 Å². The lowest BCUT2D eigenvalue weighted by Gasteiger charge is -2.34. The number of rotatable bonds is 2. The molecule has 20 heavy (non-hydrogen) atoms. The van der Waals surface area contributed by atoms with Crippen molar-refractivity contribution in [2.75, 3.05) is 19.7 Å². The highest BCUT2D eigenvalue weighted by Crippen LogP contribution is 2.23. The van der Waals surface area contributed by atoms with Gasteiger partial charge >= 0.3 is 0 Å². The molecule has 106 valence electrons. The van der Waals surface area contributed by atoms with Crippen LogP contribution >= 0.6 is 0 Å². The number of benzene rings is 1. The van der Waals surface area contributed by atoms with E-state index in [1.54, 1.807) is 4.90 Å². The van der Waals surface area contributed by atoms with Crippen molar-refractivity contribution in [1.29, 1.82) is 0 Å². The summed E-state index contributed by atoms with van der Waals surface area (Å²) in [7, 11) is 0. The van der Waals surface area contributed by atoms with Crippen LogP contribution in [0.4, 0.5) is 0 Å². The molecule has 0 saturated carbocycles. The molecule has 2 aromatic rings. The van der Waals surface area contributed by atoms with Gasteiger partial charge in [-0.05, 0) is 13.0 Å². The van der Waals surface area contributed by atoms with Gasteiger partial charge in [-0.3, -0.25) is 4.79 Å². The zero-order chi connectivity index (χ0) is 14.1. The summed E-state index contributed by atoms with van der Waals surface area (Å²) < 4.78 is 11.0. The summed E-state index contributed by atoms with van der Waals surface area (Å²) in [5.41, 5.74) is 7.19. The summed E-state index contributed by atoms with van der Waals surface area (Å²) in [6.07, 6.45) is 1.43. The maximum atomic E-state index is 12.6. The number of carbonyl (C=O) groups excluding carboxylic acids is 1. The first-order chi connectivity index (χ1) is 9.66. The van der Waals surface area contributed by atoms with Crippen LogP contribution < -0.4 is 5.73 Å². The van der Waals surface area contributed by atoms with E-state index < -0.39 is 0 Å². The quantitative estimate of drug-likeness (QED) is 0.903. The van der Waals surface area contributed by atoms with Gasteiger partial charge in [0.05, 0.1) is 18.3 Å². The molecule has 2 N–H and O–H groups in total. The van der Waals surface area contributed by atoms with Crippen molar-refractivity contribution < 1.29 is 13.9 Å². The van der Waals surface area contributed by atoms with E-state index in [-0.39, 0.29) is 18.1 Å². The minimum Gasteiger partial charge on any atom is -0.463 e. The fourth-order valence-corrected chi connectivity index (χ4v) is 2.49. The third kappa shape index (κ3) is 2.30. The second kappa shape index (κ2) is 5.26. The van der Waals surface area contributed by atoms with E-state index >= 15 is 0 Å². The fourth-order valence-electron chi connectivity index (χ4n) is 2.49. The second-order valence-electron chi connectivity index (χ2n) is 5.17. The maximum absolute atomic E-state index is 12.6. The van der Waals surface area contributed by atoms with Gasteiger partial charge < -0.3 is 19.8 Å². The van der Waals surface area contributed by atoms with Gasteiger partial charge in [-0.15, -0.1) is 0 Å². The molecule has 2 heterocycles.